The van der Waals surface area contributed by atoms with E-state index in [0.29, 0.717) is 25.3 Å². The summed E-state index contributed by atoms with van der Waals surface area (Å²) >= 11 is 0. The number of unbranched alkanes of at least 4 members (excludes halogenated alkanes) is 6. The molecule has 0 saturated heterocycles. The maximum atomic E-state index is 12.7. The van der Waals surface area contributed by atoms with Crippen LogP contribution < -0.4 is 4.74 Å². The summed E-state index contributed by atoms with van der Waals surface area (Å²) in [6, 6.07) is 8.60. The fourth-order valence-electron chi connectivity index (χ4n) is 3.10. The molecule has 0 heterocycles. The van der Waals surface area contributed by atoms with Gasteiger partial charge in [-0.25, -0.2) is 4.79 Å². The Kier molecular flexibility index (Phi) is 12.8. The molecule has 0 aromatic heterocycles. The van der Waals surface area contributed by atoms with Crippen molar-refractivity contribution in [3.05, 3.63) is 30.3 Å². The molecule has 0 amide bonds. The van der Waals surface area contributed by atoms with Gasteiger partial charge in [-0.1, -0.05) is 70.1 Å². The molecule has 1 atom stereocenters. The molecule has 0 radical (unpaired) electrons. The van der Waals surface area contributed by atoms with E-state index in [0.717, 1.165) is 12.8 Å². The Morgan fingerprint density at radius 1 is 0.962 bits per heavy atom. The van der Waals surface area contributed by atoms with Gasteiger partial charge in [0.25, 0.3) is 0 Å². The lowest BCUT2D eigenvalue weighted by Crippen LogP contribution is -2.46. The first-order chi connectivity index (χ1) is 12.7. The third kappa shape index (κ3) is 9.32. The lowest BCUT2D eigenvalue weighted by molar-refractivity contribution is -0.141. The van der Waals surface area contributed by atoms with Crippen molar-refractivity contribution in [2.75, 3.05) is 26.3 Å². The monoisotopic (exact) mass is 365 g/mol. The molecule has 26 heavy (non-hydrogen) atoms. The number of rotatable bonds is 15. The molecule has 0 spiro atoms. The molecule has 5 heteroatoms. The van der Waals surface area contributed by atoms with Crippen molar-refractivity contribution in [3.63, 3.8) is 0 Å². The van der Waals surface area contributed by atoms with Crippen LogP contribution in [-0.2, 0) is 4.79 Å². The minimum absolute atomic E-state index is 0.0495. The smallest absolute Gasteiger partial charge is 0.328 e. The van der Waals surface area contributed by atoms with Gasteiger partial charge in [0.15, 0.2) is 0 Å². The van der Waals surface area contributed by atoms with E-state index < -0.39 is 6.04 Å². The van der Waals surface area contributed by atoms with Gasteiger partial charge in [-0.3, -0.25) is 4.90 Å². The molecule has 1 rings (SSSR count). The third-order valence-electron chi connectivity index (χ3n) is 4.53. The SMILES string of the molecule is CCCCCCCCCC(C(=O)Oc1ccccc1)N(CCO)CCO. The van der Waals surface area contributed by atoms with E-state index in [1.807, 2.05) is 23.1 Å². The minimum atomic E-state index is -0.440. The lowest BCUT2D eigenvalue weighted by atomic mass is 10.0. The van der Waals surface area contributed by atoms with Crippen LogP contribution in [0.5, 0.6) is 5.75 Å². The standard InChI is InChI=1S/C21H35NO4/c1-2-3-4-5-6-7-11-14-20(22(15-17-23)16-18-24)21(25)26-19-12-9-8-10-13-19/h8-10,12-13,20,23-24H,2-7,11,14-18H2,1H3. The maximum absolute atomic E-state index is 12.7. The molecule has 0 bridgehead atoms. The Balaban J connectivity index is 2.58. The van der Waals surface area contributed by atoms with Crippen molar-refractivity contribution < 1.29 is 19.7 Å². The van der Waals surface area contributed by atoms with E-state index >= 15 is 0 Å². The van der Waals surface area contributed by atoms with E-state index in [1.165, 1.54) is 32.1 Å². The van der Waals surface area contributed by atoms with Crippen LogP contribution in [0.2, 0.25) is 0 Å². The van der Waals surface area contributed by atoms with E-state index in [4.69, 9.17) is 4.74 Å². The fraction of sp³-hybridized carbons (Fsp3) is 0.667. The third-order valence-corrected chi connectivity index (χ3v) is 4.53. The molecule has 0 fully saturated rings. The van der Waals surface area contributed by atoms with Crippen molar-refractivity contribution in [1.29, 1.82) is 0 Å². The van der Waals surface area contributed by atoms with Gasteiger partial charge in [0.2, 0.25) is 0 Å². The number of aliphatic hydroxyl groups excluding tert-OH is 2. The van der Waals surface area contributed by atoms with Crippen LogP contribution in [0.25, 0.3) is 0 Å². The van der Waals surface area contributed by atoms with Crippen LogP contribution in [0.1, 0.15) is 58.3 Å². The first-order valence-corrected chi connectivity index (χ1v) is 9.95. The van der Waals surface area contributed by atoms with Gasteiger partial charge in [-0.05, 0) is 18.6 Å². The molecule has 1 aromatic rings. The summed E-state index contributed by atoms with van der Waals surface area (Å²) < 4.78 is 5.52. The number of esters is 1. The topological polar surface area (TPSA) is 70.0 Å². The van der Waals surface area contributed by atoms with Crippen molar-refractivity contribution in [2.24, 2.45) is 0 Å². The second kappa shape index (κ2) is 14.7. The number of hydrogen-bond donors (Lipinski definition) is 2. The van der Waals surface area contributed by atoms with Gasteiger partial charge in [0, 0.05) is 13.1 Å². The highest BCUT2D eigenvalue weighted by molar-refractivity contribution is 5.78. The molecule has 0 aliphatic carbocycles. The normalized spacial score (nSPS) is 12.3. The Hall–Kier alpha value is -1.43. The van der Waals surface area contributed by atoms with Gasteiger partial charge in [-0.15, -0.1) is 0 Å². The number of nitrogens with zero attached hydrogens (tertiary/aromatic N) is 1. The highest BCUT2D eigenvalue weighted by Gasteiger charge is 2.26. The van der Waals surface area contributed by atoms with Crippen LogP contribution in [0.3, 0.4) is 0 Å². The molecular formula is C21H35NO4. The molecule has 0 saturated carbocycles. The largest absolute Gasteiger partial charge is 0.425 e. The average molecular weight is 366 g/mol. The summed E-state index contributed by atoms with van der Waals surface area (Å²) in [5, 5.41) is 18.6. The second-order valence-corrected chi connectivity index (χ2v) is 6.64. The highest BCUT2D eigenvalue weighted by Crippen LogP contribution is 2.17. The van der Waals surface area contributed by atoms with Crippen LogP contribution in [0, 0.1) is 0 Å². The van der Waals surface area contributed by atoms with E-state index in [2.05, 4.69) is 6.92 Å². The van der Waals surface area contributed by atoms with Crippen molar-refractivity contribution >= 4 is 5.97 Å². The molecule has 2 N–H and O–H groups in total. The fourth-order valence-corrected chi connectivity index (χ4v) is 3.10. The summed E-state index contributed by atoms with van der Waals surface area (Å²) in [5.41, 5.74) is 0. The molecular weight excluding hydrogens is 330 g/mol. The van der Waals surface area contributed by atoms with Gasteiger partial charge >= 0.3 is 5.97 Å². The summed E-state index contributed by atoms with van der Waals surface area (Å²) in [7, 11) is 0. The molecule has 1 aromatic carbocycles. The van der Waals surface area contributed by atoms with Gasteiger partial charge < -0.3 is 14.9 Å². The van der Waals surface area contributed by atoms with Crippen molar-refractivity contribution in [3.8, 4) is 5.75 Å². The van der Waals surface area contributed by atoms with E-state index in [9.17, 15) is 15.0 Å². The number of aliphatic hydroxyl groups is 2. The average Bonchev–Trinajstić information content (AvgIpc) is 2.65. The van der Waals surface area contributed by atoms with Gasteiger partial charge in [0.05, 0.1) is 13.2 Å². The second-order valence-electron chi connectivity index (χ2n) is 6.64. The Morgan fingerprint density at radius 2 is 1.54 bits per heavy atom. The first-order valence-electron chi connectivity index (χ1n) is 9.95. The number of para-hydroxylation sites is 1. The Bertz CT molecular complexity index is 460. The number of benzene rings is 1. The summed E-state index contributed by atoms with van der Waals surface area (Å²) in [6.45, 7) is 2.81. The Morgan fingerprint density at radius 3 is 2.12 bits per heavy atom. The zero-order valence-electron chi connectivity index (χ0n) is 16.1. The van der Waals surface area contributed by atoms with Crippen LogP contribution >= 0.6 is 0 Å². The zero-order chi connectivity index (χ0) is 19.0. The summed E-state index contributed by atoms with van der Waals surface area (Å²) in [4.78, 5) is 14.5. The van der Waals surface area contributed by atoms with E-state index in [-0.39, 0.29) is 19.2 Å². The van der Waals surface area contributed by atoms with Crippen molar-refractivity contribution in [2.45, 2.75) is 64.3 Å². The quantitative estimate of drug-likeness (QED) is 0.283. The highest BCUT2D eigenvalue weighted by atomic mass is 16.5. The number of carbonyl (C=O) groups is 1. The number of ether oxygens (including phenoxy) is 1. The number of hydrogen-bond acceptors (Lipinski definition) is 5. The summed E-state index contributed by atoms with van der Waals surface area (Å²) in [5.74, 6) is 0.207. The van der Waals surface area contributed by atoms with Crippen LogP contribution in [-0.4, -0.2) is 53.4 Å². The van der Waals surface area contributed by atoms with Gasteiger partial charge in [-0.2, -0.15) is 0 Å². The molecule has 148 valence electrons. The molecule has 5 nitrogen and oxygen atoms in total. The zero-order valence-corrected chi connectivity index (χ0v) is 16.1. The van der Waals surface area contributed by atoms with E-state index in [1.54, 1.807) is 12.1 Å². The minimum Gasteiger partial charge on any atom is -0.425 e. The van der Waals surface area contributed by atoms with Crippen LogP contribution in [0.15, 0.2) is 30.3 Å². The van der Waals surface area contributed by atoms with Crippen LogP contribution in [0.4, 0.5) is 0 Å². The van der Waals surface area contributed by atoms with Gasteiger partial charge in [0.1, 0.15) is 11.8 Å². The predicted octanol–water partition coefficient (Wildman–Crippen LogP) is 3.39. The Labute approximate surface area is 158 Å². The molecule has 0 aliphatic heterocycles. The molecule has 0 aliphatic rings. The lowest BCUT2D eigenvalue weighted by Gasteiger charge is -2.29. The van der Waals surface area contributed by atoms with Crippen molar-refractivity contribution in [1.82, 2.24) is 4.90 Å². The predicted molar refractivity (Wildman–Crippen MR) is 104 cm³/mol. The first kappa shape index (κ1) is 22.6. The summed E-state index contributed by atoms with van der Waals surface area (Å²) in [6.07, 6.45) is 8.93. The maximum Gasteiger partial charge on any atom is 0.328 e. The molecule has 1 unspecified atom stereocenters. The number of carbonyl (C=O) groups excluding carboxylic acids is 1.